The number of ether oxygens (including phenoxy) is 1. The molecule has 0 bridgehead atoms. The standard InChI is InChI=1S/C26H31FN6O5/c1-3-37-23(35)16-32(22(34)15-33-30-25(29-31-33)19-11-7-8-12-20(19)27)24(21-14-13-17(2)38-21)26(36)28-18-9-5-4-6-10-18/h7-8,11-14,18,24H,3-6,9-10,15-16H2,1-2H3,(H,28,36). The van der Waals surface area contributed by atoms with E-state index in [1.165, 1.54) is 18.2 Å². The van der Waals surface area contributed by atoms with Crippen LogP contribution in [0.3, 0.4) is 0 Å². The number of nitrogens with zero attached hydrogens (tertiary/aromatic N) is 5. The minimum atomic E-state index is -1.22. The van der Waals surface area contributed by atoms with E-state index in [0.29, 0.717) is 5.76 Å². The SMILES string of the molecule is CCOC(=O)CN(C(=O)Cn1nnc(-c2ccccc2F)n1)C(C(=O)NC1CCCCC1)c1ccc(C)o1. The fourth-order valence-corrected chi connectivity index (χ4v) is 4.49. The number of amides is 2. The predicted molar refractivity (Wildman–Crippen MR) is 133 cm³/mol. The van der Waals surface area contributed by atoms with Gasteiger partial charge in [-0.2, -0.15) is 4.80 Å². The van der Waals surface area contributed by atoms with Gasteiger partial charge in [-0.3, -0.25) is 14.4 Å². The molecule has 38 heavy (non-hydrogen) atoms. The molecule has 0 aliphatic heterocycles. The fourth-order valence-electron chi connectivity index (χ4n) is 4.49. The Bertz CT molecular complexity index is 1270. The number of aryl methyl sites for hydroxylation is 1. The highest BCUT2D eigenvalue weighted by atomic mass is 19.1. The summed E-state index contributed by atoms with van der Waals surface area (Å²) >= 11 is 0. The summed E-state index contributed by atoms with van der Waals surface area (Å²) in [7, 11) is 0. The zero-order chi connectivity index (χ0) is 27.1. The molecule has 1 fully saturated rings. The lowest BCUT2D eigenvalue weighted by atomic mass is 9.95. The van der Waals surface area contributed by atoms with Gasteiger partial charge in [0.1, 0.15) is 30.4 Å². The number of aromatic nitrogens is 4. The van der Waals surface area contributed by atoms with Gasteiger partial charge in [0.2, 0.25) is 11.7 Å². The van der Waals surface area contributed by atoms with Crippen molar-refractivity contribution in [3.8, 4) is 11.4 Å². The first-order valence-corrected chi connectivity index (χ1v) is 12.7. The van der Waals surface area contributed by atoms with Crippen LogP contribution in [0.25, 0.3) is 11.4 Å². The van der Waals surface area contributed by atoms with Crippen molar-refractivity contribution in [1.82, 2.24) is 30.4 Å². The number of nitrogens with one attached hydrogen (secondary N) is 1. The normalized spacial score (nSPS) is 14.6. The van der Waals surface area contributed by atoms with Crippen molar-refractivity contribution in [2.24, 2.45) is 0 Å². The highest BCUT2D eigenvalue weighted by molar-refractivity contribution is 5.90. The first kappa shape index (κ1) is 27.0. The second-order valence-electron chi connectivity index (χ2n) is 9.14. The molecule has 0 radical (unpaired) electrons. The van der Waals surface area contributed by atoms with Gasteiger partial charge in [0.05, 0.1) is 12.2 Å². The third-order valence-corrected chi connectivity index (χ3v) is 6.31. The van der Waals surface area contributed by atoms with Gasteiger partial charge in [-0.25, -0.2) is 4.39 Å². The van der Waals surface area contributed by atoms with Crippen LogP contribution in [0.4, 0.5) is 4.39 Å². The number of rotatable bonds is 10. The predicted octanol–water partition coefficient (Wildman–Crippen LogP) is 2.96. The number of tetrazole rings is 1. The molecule has 2 aromatic heterocycles. The topological polar surface area (TPSA) is 132 Å². The van der Waals surface area contributed by atoms with Crippen LogP contribution in [0.5, 0.6) is 0 Å². The molecule has 11 nitrogen and oxygen atoms in total. The van der Waals surface area contributed by atoms with Crippen molar-refractivity contribution in [2.45, 2.75) is 64.6 Å². The maximum atomic E-state index is 14.2. The van der Waals surface area contributed by atoms with Crippen molar-refractivity contribution in [3.63, 3.8) is 0 Å². The van der Waals surface area contributed by atoms with E-state index in [9.17, 15) is 18.8 Å². The highest BCUT2D eigenvalue weighted by Gasteiger charge is 2.37. The van der Waals surface area contributed by atoms with Gasteiger partial charge in [0, 0.05) is 6.04 Å². The quantitative estimate of drug-likeness (QED) is 0.399. The fraction of sp³-hybridized carbons (Fsp3) is 0.462. The molecule has 1 atom stereocenters. The van der Waals surface area contributed by atoms with Gasteiger partial charge in [-0.15, -0.1) is 10.2 Å². The summed E-state index contributed by atoms with van der Waals surface area (Å²) < 4.78 is 25.0. The van der Waals surface area contributed by atoms with Gasteiger partial charge in [-0.1, -0.05) is 31.4 Å². The molecular weight excluding hydrogens is 495 g/mol. The summed E-state index contributed by atoms with van der Waals surface area (Å²) in [5, 5.41) is 14.9. The molecule has 202 valence electrons. The molecule has 1 aliphatic carbocycles. The molecule has 2 amide bonds. The molecule has 12 heteroatoms. The summed E-state index contributed by atoms with van der Waals surface area (Å²) in [6, 6.07) is 7.96. The molecule has 0 saturated heterocycles. The van der Waals surface area contributed by atoms with Gasteiger partial charge in [0.15, 0.2) is 6.04 Å². The zero-order valence-corrected chi connectivity index (χ0v) is 21.4. The summed E-state index contributed by atoms with van der Waals surface area (Å²) in [6.45, 7) is 2.53. The number of furan rings is 1. The number of esters is 1. The van der Waals surface area contributed by atoms with Crippen molar-refractivity contribution < 1.29 is 27.9 Å². The Balaban J connectivity index is 1.61. The Labute approximate surface area is 219 Å². The number of carbonyl (C=O) groups is 3. The van der Waals surface area contributed by atoms with Gasteiger partial charge in [0.25, 0.3) is 5.91 Å². The largest absolute Gasteiger partial charge is 0.465 e. The van der Waals surface area contributed by atoms with Gasteiger partial charge < -0.3 is 19.4 Å². The molecular formula is C26H31FN6O5. The van der Waals surface area contributed by atoms with Crippen LogP contribution in [0.2, 0.25) is 0 Å². The average Bonchev–Trinajstić information content (AvgIpc) is 3.53. The monoisotopic (exact) mass is 526 g/mol. The molecule has 2 heterocycles. The zero-order valence-electron chi connectivity index (χ0n) is 21.4. The van der Waals surface area contributed by atoms with Crippen molar-refractivity contribution in [1.29, 1.82) is 0 Å². The number of benzene rings is 1. The molecule has 4 rings (SSSR count). The van der Waals surface area contributed by atoms with E-state index in [4.69, 9.17) is 9.15 Å². The lowest BCUT2D eigenvalue weighted by Gasteiger charge is -2.31. The first-order valence-electron chi connectivity index (χ1n) is 12.7. The van der Waals surface area contributed by atoms with Crippen LogP contribution in [-0.2, 0) is 25.7 Å². The van der Waals surface area contributed by atoms with Crippen molar-refractivity contribution in [3.05, 3.63) is 53.7 Å². The molecule has 1 unspecified atom stereocenters. The Morgan fingerprint density at radius 1 is 1.18 bits per heavy atom. The second-order valence-corrected chi connectivity index (χ2v) is 9.14. The van der Waals surface area contributed by atoms with Gasteiger partial charge in [-0.05, 0) is 56.2 Å². The maximum absolute atomic E-state index is 14.2. The van der Waals surface area contributed by atoms with E-state index in [2.05, 4.69) is 20.7 Å². The van der Waals surface area contributed by atoms with E-state index in [1.54, 1.807) is 32.0 Å². The highest BCUT2D eigenvalue weighted by Crippen LogP contribution is 2.26. The Kier molecular flexibility index (Phi) is 8.82. The summed E-state index contributed by atoms with van der Waals surface area (Å²) in [4.78, 5) is 41.8. The second kappa shape index (κ2) is 12.4. The number of halogens is 1. The summed E-state index contributed by atoms with van der Waals surface area (Å²) in [5.74, 6) is -1.55. The van der Waals surface area contributed by atoms with Crippen molar-refractivity contribution in [2.75, 3.05) is 13.2 Å². The Hall–Kier alpha value is -4.09. The summed E-state index contributed by atoms with van der Waals surface area (Å²) in [5.41, 5.74) is 0.130. The van der Waals surface area contributed by atoms with Crippen molar-refractivity contribution >= 4 is 17.8 Å². The third-order valence-electron chi connectivity index (χ3n) is 6.31. The van der Waals surface area contributed by atoms with Crippen LogP contribution in [0, 0.1) is 12.7 Å². The van der Waals surface area contributed by atoms with E-state index < -0.39 is 42.7 Å². The smallest absolute Gasteiger partial charge is 0.325 e. The minimum absolute atomic E-state index is 0.00101. The van der Waals surface area contributed by atoms with Crippen LogP contribution in [-0.4, -0.2) is 62.1 Å². The first-order chi connectivity index (χ1) is 18.4. The molecule has 1 aromatic carbocycles. The average molecular weight is 527 g/mol. The summed E-state index contributed by atoms with van der Waals surface area (Å²) in [6.07, 6.45) is 4.79. The molecule has 1 saturated carbocycles. The van der Waals surface area contributed by atoms with Gasteiger partial charge >= 0.3 is 5.97 Å². The molecule has 3 aromatic rings. The maximum Gasteiger partial charge on any atom is 0.325 e. The van der Waals surface area contributed by atoms with E-state index in [0.717, 1.165) is 41.8 Å². The van der Waals surface area contributed by atoms with Crippen LogP contribution in [0.1, 0.15) is 56.6 Å². The number of hydrogen-bond acceptors (Lipinski definition) is 8. The van der Waals surface area contributed by atoms with E-state index in [1.807, 2.05) is 0 Å². The minimum Gasteiger partial charge on any atom is -0.465 e. The lowest BCUT2D eigenvalue weighted by molar-refractivity contribution is -0.153. The van der Waals surface area contributed by atoms with Crippen LogP contribution >= 0.6 is 0 Å². The molecule has 1 aliphatic rings. The van der Waals surface area contributed by atoms with Crippen LogP contribution < -0.4 is 5.32 Å². The van der Waals surface area contributed by atoms with E-state index >= 15 is 0 Å². The molecule has 0 spiro atoms. The third kappa shape index (κ3) is 6.61. The van der Waals surface area contributed by atoms with Crippen LogP contribution in [0.15, 0.2) is 40.8 Å². The Morgan fingerprint density at radius 2 is 1.95 bits per heavy atom. The van der Waals surface area contributed by atoms with E-state index in [-0.39, 0.29) is 29.8 Å². The Morgan fingerprint density at radius 3 is 2.63 bits per heavy atom. The number of hydrogen-bond donors (Lipinski definition) is 1. The number of carbonyl (C=O) groups excluding carboxylic acids is 3. The lowest BCUT2D eigenvalue weighted by Crippen LogP contribution is -2.49. The molecule has 1 N–H and O–H groups in total.